The number of hydrogen-bond acceptors (Lipinski definition) is 1. The van der Waals surface area contributed by atoms with Crippen molar-refractivity contribution in [3.63, 3.8) is 0 Å². The summed E-state index contributed by atoms with van der Waals surface area (Å²) in [5.41, 5.74) is 6.07. The van der Waals surface area contributed by atoms with Gasteiger partial charge in [-0.2, -0.15) is 0 Å². The Morgan fingerprint density at radius 3 is 2.41 bits per heavy atom. The van der Waals surface area contributed by atoms with Gasteiger partial charge in [0.15, 0.2) is 7.14 Å². The summed E-state index contributed by atoms with van der Waals surface area (Å²) in [6.07, 6.45) is 0.892. The Kier molecular flexibility index (Phi) is 2.26. The summed E-state index contributed by atoms with van der Waals surface area (Å²) in [6.45, 7) is 2.14. The fourth-order valence-corrected chi connectivity index (χ4v) is 7.64. The largest absolute Gasteiger partial charge is 0.309 e. The van der Waals surface area contributed by atoms with Crippen molar-refractivity contribution in [3.8, 4) is 11.1 Å². The Morgan fingerprint density at radius 2 is 1.55 bits per heavy atom. The zero-order valence-corrected chi connectivity index (χ0v) is 13.2. The second-order valence-corrected chi connectivity index (χ2v) is 8.82. The molecule has 0 radical (unpaired) electrons. The number of benzene rings is 3. The Balaban J connectivity index is 2.03. The SMILES string of the molecule is Cc1ccc2c3c1Cc1ccccc1P3(=O)c1ccccc1-2. The summed E-state index contributed by atoms with van der Waals surface area (Å²) < 4.78 is 14.3. The predicted molar refractivity (Wildman–Crippen MR) is 92.4 cm³/mol. The van der Waals surface area contributed by atoms with E-state index in [1.165, 1.54) is 22.3 Å². The number of fused-ring (bicyclic) bond motifs is 5. The molecule has 0 spiro atoms. The van der Waals surface area contributed by atoms with Gasteiger partial charge in [-0.25, -0.2) is 0 Å². The van der Waals surface area contributed by atoms with Gasteiger partial charge >= 0.3 is 0 Å². The van der Waals surface area contributed by atoms with Crippen molar-refractivity contribution in [2.75, 3.05) is 0 Å². The van der Waals surface area contributed by atoms with Gasteiger partial charge in [-0.3, -0.25) is 0 Å². The lowest BCUT2D eigenvalue weighted by atomic mass is 9.95. The van der Waals surface area contributed by atoms with E-state index in [2.05, 4.69) is 49.4 Å². The lowest BCUT2D eigenvalue weighted by Gasteiger charge is -2.27. The molecule has 106 valence electrons. The molecule has 2 aliphatic heterocycles. The Labute approximate surface area is 130 Å². The molecule has 2 heterocycles. The van der Waals surface area contributed by atoms with Crippen LogP contribution in [0.2, 0.25) is 0 Å². The van der Waals surface area contributed by atoms with Gasteiger partial charge in [0.25, 0.3) is 0 Å². The molecule has 22 heavy (non-hydrogen) atoms. The number of rotatable bonds is 0. The van der Waals surface area contributed by atoms with E-state index in [9.17, 15) is 4.57 Å². The summed E-state index contributed by atoms with van der Waals surface area (Å²) in [4.78, 5) is 0. The van der Waals surface area contributed by atoms with Gasteiger partial charge < -0.3 is 4.57 Å². The quantitative estimate of drug-likeness (QED) is 0.400. The molecule has 0 aliphatic carbocycles. The van der Waals surface area contributed by atoms with Crippen molar-refractivity contribution in [3.05, 3.63) is 77.4 Å². The topological polar surface area (TPSA) is 17.1 Å². The highest BCUT2D eigenvalue weighted by molar-refractivity contribution is 7.86. The van der Waals surface area contributed by atoms with Crippen LogP contribution in [0.1, 0.15) is 16.7 Å². The highest BCUT2D eigenvalue weighted by Crippen LogP contribution is 2.55. The molecule has 3 aromatic rings. The molecule has 0 amide bonds. The summed E-state index contributed by atoms with van der Waals surface area (Å²) in [6, 6.07) is 20.8. The van der Waals surface area contributed by atoms with Crippen LogP contribution >= 0.6 is 7.14 Å². The molecule has 2 heteroatoms. The van der Waals surface area contributed by atoms with E-state index in [1.807, 2.05) is 18.2 Å². The molecule has 0 N–H and O–H groups in total. The van der Waals surface area contributed by atoms with Crippen LogP contribution < -0.4 is 15.9 Å². The Hall–Kier alpha value is -2.11. The standard InChI is InChI=1S/C20H15OP/c1-13-10-11-16-15-7-3-5-9-19(15)22(21)18-8-4-2-6-14(18)12-17(13)20(16)22/h2-11H,12H2,1H3. The van der Waals surface area contributed by atoms with Gasteiger partial charge in [-0.05, 0) is 41.2 Å². The van der Waals surface area contributed by atoms with Crippen LogP contribution in [0.4, 0.5) is 0 Å². The molecule has 2 aliphatic rings. The summed E-state index contributed by atoms with van der Waals surface area (Å²) >= 11 is 0. The number of hydrogen-bond donors (Lipinski definition) is 0. The molecule has 0 bridgehead atoms. The zero-order chi connectivity index (χ0) is 14.9. The first-order valence-corrected chi connectivity index (χ1v) is 9.33. The third-order valence-electron chi connectivity index (χ3n) is 5.06. The van der Waals surface area contributed by atoms with Gasteiger partial charge in [-0.1, -0.05) is 60.7 Å². The first-order valence-electron chi connectivity index (χ1n) is 7.63. The maximum absolute atomic E-state index is 14.3. The summed E-state index contributed by atoms with van der Waals surface area (Å²) in [7, 11) is -2.70. The van der Waals surface area contributed by atoms with Gasteiger partial charge in [0.2, 0.25) is 0 Å². The lowest BCUT2D eigenvalue weighted by Crippen LogP contribution is -2.31. The molecule has 1 unspecified atom stereocenters. The minimum absolute atomic E-state index is 0.892. The van der Waals surface area contributed by atoms with E-state index < -0.39 is 7.14 Å². The molecule has 0 fully saturated rings. The van der Waals surface area contributed by atoms with Crippen molar-refractivity contribution in [2.45, 2.75) is 13.3 Å². The smallest absolute Gasteiger partial charge is 0.172 e. The molecular weight excluding hydrogens is 287 g/mol. The summed E-state index contributed by atoms with van der Waals surface area (Å²) in [5, 5.41) is 3.16. The first kappa shape index (κ1) is 12.4. The van der Waals surface area contributed by atoms with Crippen LogP contribution in [0.15, 0.2) is 60.7 Å². The van der Waals surface area contributed by atoms with Crippen LogP contribution in [-0.2, 0) is 11.0 Å². The maximum Gasteiger partial charge on any atom is 0.172 e. The lowest BCUT2D eigenvalue weighted by molar-refractivity contribution is 0.592. The maximum atomic E-state index is 14.3. The van der Waals surface area contributed by atoms with Crippen molar-refractivity contribution < 1.29 is 4.57 Å². The van der Waals surface area contributed by atoms with E-state index in [0.717, 1.165) is 27.9 Å². The fraction of sp³-hybridized carbons (Fsp3) is 0.100. The van der Waals surface area contributed by atoms with Gasteiger partial charge in [0, 0.05) is 15.9 Å². The van der Waals surface area contributed by atoms with E-state index in [4.69, 9.17) is 0 Å². The minimum Gasteiger partial charge on any atom is -0.309 e. The van der Waals surface area contributed by atoms with Gasteiger partial charge in [0.05, 0.1) is 0 Å². The van der Waals surface area contributed by atoms with Crippen LogP contribution in [0.25, 0.3) is 11.1 Å². The highest BCUT2D eigenvalue weighted by Gasteiger charge is 2.45. The molecule has 1 atom stereocenters. The van der Waals surface area contributed by atoms with E-state index >= 15 is 0 Å². The van der Waals surface area contributed by atoms with E-state index in [0.29, 0.717) is 0 Å². The highest BCUT2D eigenvalue weighted by atomic mass is 31.2. The molecule has 1 nitrogen and oxygen atoms in total. The Morgan fingerprint density at radius 1 is 0.818 bits per heavy atom. The van der Waals surface area contributed by atoms with Crippen LogP contribution in [0.5, 0.6) is 0 Å². The summed E-state index contributed by atoms with van der Waals surface area (Å²) in [5.74, 6) is 0. The zero-order valence-electron chi connectivity index (χ0n) is 12.3. The van der Waals surface area contributed by atoms with Crippen LogP contribution in [0, 0.1) is 6.92 Å². The third-order valence-corrected chi connectivity index (χ3v) is 8.39. The van der Waals surface area contributed by atoms with Gasteiger partial charge in [0.1, 0.15) is 0 Å². The normalized spacial score (nSPS) is 20.2. The molecule has 0 saturated heterocycles. The second kappa shape index (κ2) is 4.00. The fourth-order valence-electron chi connectivity index (χ4n) is 4.04. The third kappa shape index (κ3) is 1.29. The van der Waals surface area contributed by atoms with Crippen LogP contribution in [0.3, 0.4) is 0 Å². The van der Waals surface area contributed by atoms with E-state index in [-0.39, 0.29) is 0 Å². The van der Waals surface area contributed by atoms with Crippen molar-refractivity contribution >= 4 is 23.1 Å². The molecule has 5 rings (SSSR count). The average Bonchev–Trinajstić information content (AvgIpc) is 2.82. The number of aryl methyl sites for hydroxylation is 1. The average molecular weight is 302 g/mol. The predicted octanol–water partition coefficient (Wildman–Crippen LogP) is 3.52. The van der Waals surface area contributed by atoms with Crippen LogP contribution in [-0.4, -0.2) is 0 Å². The molecular formula is C20H15OP. The van der Waals surface area contributed by atoms with Crippen molar-refractivity contribution in [1.82, 2.24) is 0 Å². The van der Waals surface area contributed by atoms with Crippen molar-refractivity contribution in [1.29, 1.82) is 0 Å². The second-order valence-electron chi connectivity index (χ2n) is 6.19. The molecule has 0 saturated carbocycles. The Bertz CT molecular complexity index is 1000. The van der Waals surface area contributed by atoms with E-state index in [1.54, 1.807) is 0 Å². The monoisotopic (exact) mass is 302 g/mol. The van der Waals surface area contributed by atoms with Gasteiger partial charge in [-0.15, -0.1) is 0 Å². The minimum atomic E-state index is -2.70. The molecule has 3 aromatic carbocycles. The molecule has 0 aromatic heterocycles. The first-order chi connectivity index (χ1) is 10.7. The van der Waals surface area contributed by atoms with Crippen molar-refractivity contribution in [2.24, 2.45) is 0 Å².